The lowest BCUT2D eigenvalue weighted by atomic mass is 10.1. The molecule has 1 aliphatic rings. The van der Waals surface area contributed by atoms with Crippen molar-refractivity contribution in [3.05, 3.63) is 47.5 Å². The second-order valence-corrected chi connectivity index (χ2v) is 8.50. The highest BCUT2D eigenvalue weighted by Gasteiger charge is 2.30. The minimum Gasteiger partial charge on any atom is -0.494 e. The van der Waals surface area contributed by atoms with Gasteiger partial charge < -0.3 is 25.6 Å². The molecule has 0 aliphatic heterocycles. The monoisotopic (exact) mass is 508 g/mol. The van der Waals surface area contributed by atoms with Gasteiger partial charge in [-0.1, -0.05) is 0 Å². The molecule has 1 saturated carbocycles. The molecule has 3 N–H and O–H groups in total. The van der Waals surface area contributed by atoms with Gasteiger partial charge in [0.25, 0.3) is 11.8 Å². The van der Waals surface area contributed by atoms with E-state index in [0.29, 0.717) is 0 Å². The van der Waals surface area contributed by atoms with E-state index >= 15 is 0 Å². The summed E-state index contributed by atoms with van der Waals surface area (Å²) in [6.45, 7) is 0. The van der Waals surface area contributed by atoms with Crippen LogP contribution in [-0.2, 0) is 4.79 Å². The van der Waals surface area contributed by atoms with E-state index in [9.17, 15) is 18.8 Å². The third-order valence-electron chi connectivity index (χ3n) is 5.53. The van der Waals surface area contributed by atoms with Crippen molar-refractivity contribution in [1.82, 2.24) is 30.6 Å². The molecule has 3 aromatic rings. The standard InChI is InChI=1S/C24H25FN8O4/c1-26-23(35)20-17(11-19(31-32-20)28-22(34)12-5-6-12)27-18-10-13(25)9-14(21(18)37-4)15-7-8-16(30-29-15)24(36)33(2)3/h7-12H,5-6H2,1-4H3,(H,26,35)(H2,27,28,31,34). The van der Waals surface area contributed by atoms with Gasteiger partial charge in [0.15, 0.2) is 23.0 Å². The van der Waals surface area contributed by atoms with Gasteiger partial charge in [-0.2, -0.15) is 0 Å². The summed E-state index contributed by atoms with van der Waals surface area (Å²) >= 11 is 0. The lowest BCUT2D eigenvalue weighted by Crippen LogP contribution is -2.23. The predicted molar refractivity (Wildman–Crippen MR) is 132 cm³/mol. The number of halogens is 1. The highest BCUT2D eigenvalue weighted by Crippen LogP contribution is 2.39. The summed E-state index contributed by atoms with van der Waals surface area (Å²) in [5.74, 6) is -1.42. The van der Waals surface area contributed by atoms with Crippen LogP contribution in [0.1, 0.15) is 33.8 Å². The molecule has 0 bridgehead atoms. The Kier molecular flexibility index (Phi) is 7.22. The molecule has 12 nitrogen and oxygen atoms in total. The molecule has 0 spiro atoms. The van der Waals surface area contributed by atoms with E-state index in [0.717, 1.165) is 12.8 Å². The van der Waals surface area contributed by atoms with E-state index in [4.69, 9.17) is 4.74 Å². The van der Waals surface area contributed by atoms with Crippen molar-refractivity contribution >= 4 is 34.9 Å². The van der Waals surface area contributed by atoms with Crippen LogP contribution in [0.15, 0.2) is 30.3 Å². The number of carbonyl (C=O) groups excluding carboxylic acids is 3. The largest absolute Gasteiger partial charge is 0.494 e. The molecule has 1 aromatic carbocycles. The van der Waals surface area contributed by atoms with Gasteiger partial charge in [0.1, 0.15) is 5.82 Å². The zero-order valence-corrected chi connectivity index (χ0v) is 20.6. The third kappa shape index (κ3) is 5.60. The number of ether oxygens (including phenoxy) is 1. The van der Waals surface area contributed by atoms with Crippen molar-refractivity contribution in [2.45, 2.75) is 12.8 Å². The van der Waals surface area contributed by atoms with Crippen molar-refractivity contribution < 1.29 is 23.5 Å². The van der Waals surface area contributed by atoms with Crippen molar-refractivity contribution in [2.24, 2.45) is 5.92 Å². The van der Waals surface area contributed by atoms with Crippen molar-refractivity contribution in [3.8, 4) is 17.0 Å². The Morgan fingerprint density at radius 1 is 1.03 bits per heavy atom. The minimum atomic E-state index is -0.626. The van der Waals surface area contributed by atoms with Gasteiger partial charge in [-0.15, -0.1) is 20.4 Å². The molecule has 13 heteroatoms. The van der Waals surface area contributed by atoms with Gasteiger partial charge in [0.05, 0.1) is 24.2 Å². The van der Waals surface area contributed by atoms with E-state index in [1.807, 2.05) is 0 Å². The summed E-state index contributed by atoms with van der Waals surface area (Å²) in [7, 11) is 6.01. The Balaban J connectivity index is 1.73. The first-order valence-corrected chi connectivity index (χ1v) is 11.3. The molecule has 0 saturated heterocycles. The number of nitrogens with one attached hydrogen (secondary N) is 3. The second kappa shape index (κ2) is 10.5. The fourth-order valence-electron chi connectivity index (χ4n) is 3.47. The van der Waals surface area contributed by atoms with Crippen LogP contribution in [0, 0.1) is 11.7 Å². The Morgan fingerprint density at radius 3 is 2.38 bits per heavy atom. The number of hydrogen-bond donors (Lipinski definition) is 3. The first-order chi connectivity index (χ1) is 17.7. The number of carbonyl (C=O) groups is 3. The van der Waals surface area contributed by atoms with Crippen LogP contribution in [0.5, 0.6) is 5.75 Å². The summed E-state index contributed by atoms with van der Waals surface area (Å²) < 4.78 is 20.3. The SMILES string of the molecule is CNC(=O)c1nnc(NC(=O)C2CC2)cc1Nc1cc(F)cc(-c2ccc(C(=O)N(C)C)nn2)c1OC. The number of aromatic nitrogens is 4. The van der Waals surface area contributed by atoms with E-state index in [-0.39, 0.29) is 63.3 Å². The normalized spacial score (nSPS) is 12.5. The van der Waals surface area contributed by atoms with Crippen LogP contribution in [0.4, 0.5) is 21.6 Å². The Hall–Kier alpha value is -4.68. The molecular formula is C24H25FN8O4. The van der Waals surface area contributed by atoms with Crippen LogP contribution >= 0.6 is 0 Å². The number of rotatable bonds is 8. The Bertz CT molecular complexity index is 1360. The Morgan fingerprint density at radius 2 is 1.78 bits per heavy atom. The van der Waals surface area contributed by atoms with Gasteiger partial charge in [0, 0.05) is 44.8 Å². The van der Waals surface area contributed by atoms with E-state index in [2.05, 4.69) is 36.3 Å². The average Bonchev–Trinajstić information content (AvgIpc) is 3.73. The number of methoxy groups -OCH3 is 1. The number of benzene rings is 1. The third-order valence-corrected chi connectivity index (χ3v) is 5.53. The maximum Gasteiger partial charge on any atom is 0.273 e. The molecule has 2 aromatic heterocycles. The molecule has 4 rings (SSSR count). The van der Waals surface area contributed by atoms with Crippen molar-refractivity contribution in [1.29, 1.82) is 0 Å². The predicted octanol–water partition coefficient (Wildman–Crippen LogP) is 2.23. The molecule has 0 atom stereocenters. The molecule has 37 heavy (non-hydrogen) atoms. The maximum atomic E-state index is 14.7. The van der Waals surface area contributed by atoms with Crippen molar-refractivity contribution in [2.75, 3.05) is 38.9 Å². The van der Waals surface area contributed by atoms with Crippen molar-refractivity contribution in [3.63, 3.8) is 0 Å². The zero-order valence-electron chi connectivity index (χ0n) is 20.6. The fraction of sp³-hybridized carbons (Fsp3) is 0.292. The van der Waals surface area contributed by atoms with Gasteiger partial charge in [0.2, 0.25) is 5.91 Å². The molecule has 192 valence electrons. The summed E-state index contributed by atoms with van der Waals surface area (Å²) in [6, 6.07) is 6.83. The summed E-state index contributed by atoms with van der Waals surface area (Å²) in [5, 5.41) is 24.0. The molecular weight excluding hydrogens is 483 g/mol. The van der Waals surface area contributed by atoms with Crippen LogP contribution in [0.3, 0.4) is 0 Å². The highest BCUT2D eigenvalue weighted by atomic mass is 19.1. The average molecular weight is 509 g/mol. The lowest BCUT2D eigenvalue weighted by Gasteiger charge is -2.17. The van der Waals surface area contributed by atoms with E-state index in [1.54, 1.807) is 14.1 Å². The number of amides is 3. The molecule has 2 heterocycles. The second-order valence-electron chi connectivity index (χ2n) is 8.50. The van der Waals surface area contributed by atoms with E-state index < -0.39 is 11.7 Å². The quantitative estimate of drug-likeness (QED) is 0.416. The van der Waals surface area contributed by atoms with Crippen LogP contribution in [0.25, 0.3) is 11.3 Å². The van der Waals surface area contributed by atoms with Gasteiger partial charge in [-0.25, -0.2) is 4.39 Å². The van der Waals surface area contributed by atoms with E-state index in [1.165, 1.54) is 49.4 Å². The molecule has 0 radical (unpaired) electrons. The van der Waals surface area contributed by atoms with Gasteiger partial charge >= 0.3 is 0 Å². The maximum absolute atomic E-state index is 14.7. The van der Waals surface area contributed by atoms with Gasteiger partial charge in [-0.3, -0.25) is 14.4 Å². The van der Waals surface area contributed by atoms with Crippen LogP contribution in [0.2, 0.25) is 0 Å². The first-order valence-electron chi connectivity index (χ1n) is 11.3. The number of nitrogens with zero attached hydrogens (tertiary/aromatic N) is 5. The highest BCUT2D eigenvalue weighted by molar-refractivity contribution is 6.00. The van der Waals surface area contributed by atoms with Crippen LogP contribution in [-0.4, -0.2) is 71.3 Å². The summed E-state index contributed by atoms with van der Waals surface area (Å²) in [5.41, 5.74) is 0.879. The molecule has 1 fully saturated rings. The minimum absolute atomic E-state index is 0.0665. The topological polar surface area (TPSA) is 151 Å². The van der Waals surface area contributed by atoms with Crippen LogP contribution < -0.4 is 20.7 Å². The lowest BCUT2D eigenvalue weighted by molar-refractivity contribution is -0.117. The zero-order chi connectivity index (χ0) is 26.7. The summed E-state index contributed by atoms with van der Waals surface area (Å²) in [4.78, 5) is 38.1. The number of hydrogen-bond acceptors (Lipinski definition) is 9. The Labute approximate surface area is 211 Å². The molecule has 3 amide bonds. The molecule has 1 aliphatic carbocycles. The first kappa shape index (κ1) is 25.4. The van der Waals surface area contributed by atoms with Gasteiger partial charge in [-0.05, 0) is 31.0 Å². The summed E-state index contributed by atoms with van der Waals surface area (Å²) in [6.07, 6.45) is 1.61. The smallest absolute Gasteiger partial charge is 0.273 e. The number of anilines is 3. The fourth-order valence-corrected chi connectivity index (χ4v) is 3.47. The molecule has 0 unspecified atom stereocenters.